The lowest BCUT2D eigenvalue weighted by atomic mass is 10.1. The van der Waals surface area contributed by atoms with Gasteiger partial charge in [-0.3, -0.25) is 4.79 Å². The number of hydrogen-bond donors (Lipinski definition) is 1. The molecule has 0 aliphatic rings. The number of carbonyl (C=O) groups excluding carboxylic acids is 1. The Labute approximate surface area is 154 Å². The summed E-state index contributed by atoms with van der Waals surface area (Å²) >= 11 is 5.98. The highest BCUT2D eigenvalue weighted by Crippen LogP contribution is 2.30. The largest absolute Gasteiger partial charge is 0.479 e. The molecule has 0 saturated heterocycles. The van der Waals surface area contributed by atoms with E-state index in [0.717, 1.165) is 5.56 Å². The lowest BCUT2D eigenvalue weighted by Crippen LogP contribution is -2.18. The van der Waals surface area contributed by atoms with Gasteiger partial charge in [0.25, 0.3) is 5.91 Å². The molecular weight excluding hydrogens is 358 g/mol. The van der Waals surface area contributed by atoms with Gasteiger partial charge in [0.15, 0.2) is 5.82 Å². The van der Waals surface area contributed by atoms with Gasteiger partial charge in [-0.25, -0.2) is 4.98 Å². The first-order valence-electron chi connectivity index (χ1n) is 7.60. The standard InChI is InChI=1S/C17H16ClN5O3/c1-23(2)15-14(17(25-3)20-9-19-15)21-16(24)13-8-12(22-26-13)10-5-4-6-11(18)7-10/h4-9H,1-3H3,(H,21,24). The molecule has 8 nitrogen and oxygen atoms in total. The number of rotatable bonds is 5. The lowest BCUT2D eigenvalue weighted by Gasteiger charge is -2.17. The van der Waals surface area contributed by atoms with E-state index in [-0.39, 0.29) is 11.6 Å². The van der Waals surface area contributed by atoms with Gasteiger partial charge in [-0.2, -0.15) is 4.98 Å². The molecule has 2 heterocycles. The van der Waals surface area contributed by atoms with Gasteiger partial charge in [0.05, 0.1) is 7.11 Å². The molecule has 2 aromatic heterocycles. The summed E-state index contributed by atoms with van der Waals surface area (Å²) in [7, 11) is 5.05. The number of nitrogens with zero attached hydrogens (tertiary/aromatic N) is 4. The molecule has 0 aliphatic carbocycles. The first-order valence-corrected chi connectivity index (χ1v) is 7.97. The number of anilines is 2. The second kappa shape index (κ2) is 7.40. The van der Waals surface area contributed by atoms with Crippen LogP contribution in [0.2, 0.25) is 5.02 Å². The summed E-state index contributed by atoms with van der Waals surface area (Å²) in [6.07, 6.45) is 1.36. The molecule has 3 rings (SSSR count). The maximum atomic E-state index is 12.6. The van der Waals surface area contributed by atoms with Crippen molar-refractivity contribution in [3.05, 3.63) is 47.4 Å². The first kappa shape index (κ1) is 17.7. The molecular formula is C17H16ClN5O3. The molecule has 134 valence electrons. The summed E-state index contributed by atoms with van der Waals surface area (Å²) < 4.78 is 10.4. The Morgan fingerprint density at radius 1 is 1.27 bits per heavy atom. The van der Waals surface area contributed by atoms with E-state index in [0.29, 0.717) is 22.2 Å². The fraction of sp³-hybridized carbons (Fsp3) is 0.176. The summed E-state index contributed by atoms with van der Waals surface area (Å²) in [5, 5.41) is 7.20. The summed E-state index contributed by atoms with van der Waals surface area (Å²) in [6, 6.07) is 8.64. The minimum absolute atomic E-state index is 0.0376. The van der Waals surface area contributed by atoms with Gasteiger partial charge in [-0.05, 0) is 12.1 Å². The predicted octanol–water partition coefficient (Wildman–Crippen LogP) is 3.11. The number of nitrogens with one attached hydrogen (secondary N) is 1. The number of hydrogen-bond acceptors (Lipinski definition) is 7. The van der Waals surface area contributed by atoms with Crippen LogP contribution in [-0.4, -0.2) is 42.2 Å². The zero-order valence-electron chi connectivity index (χ0n) is 14.4. The van der Waals surface area contributed by atoms with E-state index < -0.39 is 5.91 Å². The van der Waals surface area contributed by atoms with Crippen molar-refractivity contribution in [3.63, 3.8) is 0 Å². The SMILES string of the molecule is COc1ncnc(N(C)C)c1NC(=O)c1cc(-c2cccc(Cl)c2)no1. The van der Waals surface area contributed by atoms with Crippen molar-refractivity contribution in [2.45, 2.75) is 0 Å². The zero-order valence-corrected chi connectivity index (χ0v) is 15.1. The van der Waals surface area contributed by atoms with Crippen LogP contribution in [0.1, 0.15) is 10.6 Å². The van der Waals surface area contributed by atoms with E-state index >= 15 is 0 Å². The summed E-state index contributed by atoms with van der Waals surface area (Å²) in [4.78, 5) is 22.5. The Kier molecular flexibility index (Phi) is 5.04. The van der Waals surface area contributed by atoms with Gasteiger partial charge < -0.3 is 19.5 Å². The molecule has 0 aliphatic heterocycles. The number of aromatic nitrogens is 3. The molecule has 1 amide bonds. The molecule has 0 radical (unpaired) electrons. The highest BCUT2D eigenvalue weighted by Gasteiger charge is 2.20. The van der Waals surface area contributed by atoms with Gasteiger partial charge >= 0.3 is 0 Å². The zero-order chi connectivity index (χ0) is 18.7. The Hall–Kier alpha value is -3.13. The maximum Gasteiger partial charge on any atom is 0.294 e. The second-order valence-corrected chi connectivity index (χ2v) is 5.95. The fourth-order valence-electron chi connectivity index (χ4n) is 2.31. The van der Waals surface area contributed by atoms with Gasteiger partial charge in [0.2, 0.25) is 11.6 Å². The summed E-state index contributed by atoms with van der Waals surface area (Å²) in [5.41, 5.74) is 1.59. The van der Waals surface area contributed by atoms with Crippen molar-refractivity contribution < 1.29 is 14.1 Å². The van der Waals surface area contributed by atoms with Crippen molar-refractivity contribution in [3.8, 4) is 17.1 Å². The highest BCUT2D eigenvalue weighted by molar-refractivity contribution is 6.30. The van der Waals surface area contributed by atoms with E-state index in [1.807, 2.05) is 6.07 Å². The van der Waals surface area contributed by atoms with Gasteiger partial charge in [-0.1, -0.05) is 28.9 Å². The van der Waals surface area contributed by atoms with Crippen LogP contribution < -0.4 is 15.0 Å². The molecule has 9 heteroatoms. The average Bonchev–Trinajstić information content (AvgIpc) is 3.12. The van der Waals surface area contributed by atoms with Gasteiger partial charge in [0.1, 0.15) is 17.7 Å². The smallest absolute Gasteiger partial charge is 0.294 e. The molecule has 0 fully saturated rings. The molecule has 0 saturated carbocycles. The van der Waals surface area contributed by atoms with Gasteiger partial charge in [0, 0.05) is 30.7 Å². The van der Waals surface area contributed by atoms with E-state index in [1.54, 1.807) is 37.2 Å². The third kappa shape index (κ3) is 3.60. The number of benzene rings is 1. The van der Waals surface area contributed by atoms with Gasteiger partial charge in [-0.15, -0.1) is 0 Å². The van der Waals surface area contributed by atoms with Crippen LogP contribution in [0, 0.1) is 0 Å². The van der Waals surface area contributed by atoms with Crippen molar-refractivity contribution in [1.82, 2.24) is 15.1 Å². The number of carbonyl (C=O) groups is 1. The average molecular weight is 374 g/mol. The third-order valence-corrected chi connectivity index (χ3v) is 3.74. The van der Waals surface area contributed by atoms with Crippen LogP contribution in [0.3, 0.4) is 0 Å². The van der Waals surface area contributed by atoms with E-state index in [4.69, 9.17) is 20.9 Å². The van der Waals surface area contributed by atoms with Crippen molar-refractivity contribution in [2.75, 3.05) is 31.4 Å². The highest BCUT2D eigenvalue weighted by atomic mass is 35.5. The number of amides is 1. The van der Waals surface area contributed by atoms with Crippen LogP contribution in [0.5, 0.6) is 5.88 Å². The second-order valence-electron chi connectivity index (χ2n) is 5.52. The minimum atomic E-state index is -0.498. The van der Waals surface area contributed by atoms with Crippen molar-refractivity contribution in [2.24, 2.45) is 0 Å². The molecule has 0 spiro atoms. The van der Waals surface area contributed by atoms with E-state index in [1.165, 1.54) is 19.5 Å². The minimum Gasteiger partial charge on any atom is -0.479 e. The number of methoxy groups -OCH3 is 1. The Bertz CT molecular complexity index is 942. The fourth-order valence-corrected chi connectivity index (χ4v) is 2.50. The van der Waals surface area contributed by atoms with Crippen LogP contribution >= 0.6 is 11.6 Å². The molecule has 0 unspecified atom stereocenters. The van der Waals surface area contributed by atoms with Crippen LogP contribution in [0.25, 0.3) is 11.3 Å². The van der Waals surface area contributed by atoms with E-state index in [9.17, 15) is 4.79 Å². The van der Waals surface area contributed by atoms with Crippen LogP contribution in [-0.2, 0) is 0 Å². The van der Waals surface area contributed by atoms with Crippen molar-refractivity contribution in [1.29, 1.82) is 0 Å². The van der Waals surface area contributed by atoms with Crippen LogP contribution in [0.4, 0.5) is 11.5 Å². The lowest BCUT2D eigenvalue weighted by molar-refractivity contribution is 0.0987. The molecule has 26 heavy (non-hydrogen) atoms. The molecule has 0 atom stereocenters. The normalized spacial score (nSPS) is 10.5. The monoisotopic (exact) mass is 373 g/mol. The van der Waals surface area contributed by atoms with E-state index in [2.05, 4.69) is 20.4 Å². The van der Waals surface area contributed by atoms with Crippen molar-refractivity contribution >= 4 is 29.0 Å². The third-order valence-electron chi connectivity index (χ3n) is 3.50. The number of halogens is 1. The Morgan fingerprint density at radius 2 is 2.08 bits per heavy atom. The maximum absolute atomic E-state index is 12.6. The molecule has 1 N–H and O–H groups in total. The first-order chi connectivity index (χ1) is 12.5. The Morgan fingerprint density at radius 3 is 2.77 bits per heavy atom. The molecule has 1 aromatic carbocycles. The predicted molar refractivity (Wildman–Crippen MR) is 97.8 cm³/mol. The Balaban J connectivity index is 1.88. The summed E-state index contributed by atoms with van der Waals surface area (Å²) in [5.74, 6) is 0.281. The molecule has 3 aromatic rings. The summed E-state index contributed by atoms with van der Waals surface area (Å²) in [6.45, 7) is 0. The molecule has 0 bridgehead atoms. The topological polar surface area (TPSA) is 93.4 Å². The quantitative estimate of drug-likeness (QED) is 0.734. The van der Waals surface area contributed by atoms with Crippen LogP contribution in [0.15, 0.2) is 41.2 Å². The number of ether oxygens (including phenoxy) is 1.